The highest BCUT2D eigenvalue weighted by Crippen LogP contribution is 2.55. The van der Waals surface area contributed by atoms with Gasteiger partial charge in [-0.25, -0.2) is 17.9 Å². The quantitative estimate of drug-likeness (QED) is 0.391. The first kappa shape index (κ1) is 25.4. The largest absolute Gasteiger partial charge is 0.478 e. The van der Waals surface area contributed by atoms with E-state index in [0.717, 1.165) is 28.8 Å². The molecular weight excluding hydrogens is 516 g/mol. The second-order valence-electron chi connectivity index (χ2n) is 10.8. The van der Waals surface area contributed by atoms with Gasteiger partial charge in [0.15, 0.2) is 0 Å². The van der Waals surface area contributed by atoms with Crippen molar-refractivity contribution in [3.63, 3.8) is 0 Å². The van der Waals surface area contributed by atoms with E-state index in [9.17, 15) is 18.3 Å². The van der Waals surface area contributed by atoms with Gasteiger partial charge in [-0.15, -0.1) is 5.10 Å². The Bertz CT molecular complexity index is 1690. The molecule has 10 nitrogen and oxygen atoms in total. The topological polar surface area (TPSA) is 123 Å². The second kappa shape index (κ2) is 9.42. The van der Waals surface area contributed by atoms with Crippen molar-refractivity contribution in [1.82, 2.24) is 29.1 Å². The standard InChI is InChI=1S/C28H30N6O4S/c1-17-7-8-26-20(9-17)10-18(2)14-33(39(26,37)38)15-19-5-4-6-21(11-19)34-27(24(13-29-34)28(35)36)23-12-22(23)25-16-32(3)31-30-25/h4-9,11,13,16,18,22-23H,10,12,14-15H2,1-3H3,(H,35,36)/t18-,22-,23-/m1/s1. The maximum absolute atomic E-state index is 13.7. The number of carboxylic acids is 1. The van der Waals surface area contributed by atoms with Gasteiger partial charge in [0.25, 0.3) is 0 Å². The summed E-state index contributed by atoms with van der Waals surface area (Å²) >= 11 is 0. The van der Waals surface area contributed by atoms with Gasteiger partial charge in [0, 0.05) is 38.2 Å². The summed E-state index contributed by atoms with van der Waals surface area (Å²) in [4.78, 5) is 12.4. The fraction of sp³-hybridized carbons (Fsp3) is 0.357. The van der Waals surface area contributed by atoms with Gasteiger partial charge in [0.2, 0.25) is 10.0 Å². The summed E-state index contributed by atoms with van der Waals surface area (Å²) in [6.07, 6.45) is 4.70. The third-order valence-corrected chi connectivity index (χ3v) is 9.52. The molecule has 0 spiro atoms. The molecule has 11 heteroatoms. The van der Waals surface area contributed by atoms with Crippen molar-refractivity contribution in [2.24, 2.45) is 13.0 Å². The normalized spacial score (nSPS) is 22.3. The fourth-order valence-electron chi connectivity index (χ4n) is 5.73. The zero-order valence-electron chi connectivity index (χ0n) is 22.0. The van der Waals surface area contributed by atoms with Crippen LogP contribution in [-0.4, -0.2) is 55.1 Å². The molecule has 3 atom stereocenters. The molecule has 1 saturated carbocycles. The molecule has 1 aliphatic carbocycles. The minimum atomic E-state index is -3.68. The Morgan fingerprint density at radius 2 is 1.97 bits per heavy atom. The van der Waals surface area contributed by atoms with Crippen molar-refractivity contribution in [2.75, 3.05) is 6.54 Å². The van der Waals surface area contributed by atoms with Gasteiger partial charge in [0.05, 0.1) is 28.2 Å². The van der Waals surface area contributed by atoms with Crippen molar-refractivity contribution in [3.05, 3.63) is 88.5 Å². The Morgan fingerprint density at radius 3 is 2.72 bits per heavy atom. The highest BCUT2D eigenvalue weighted by Gasteiger charge is 2.46. The zero-order valence-corrected chi connectivity index (χ0v) is 22.8. The smallest absolute Gasteiger partial charge is 0.339 e. The van der Waals surface area contributed by atoms with Crippen LogP contribution < -0.4 is 0 Å². The summed E-state index contributed by atoms with van der Waals surface area (Å²) in [5.74, 6) is -0.848. The van der Waals surface area contributed by atoms with Crippen LogP contribution >= 0.6 is 0 Å². The Labute approximate surface area is 226 Å². The van der Waals surface area contributed by atoms with Crippen LogP contribution in [0.15, 0.2) is 59.8 Å². The predicted molar refractivity (Wildman–Crippen MR) is 143 cm³/mol. The molecule has 1 aliphatic heterocycles. The van der Waals surface area contributed by atoms with Crippen molar-refractivity contribution in [2.45, 2.75) is 50.0 Å². The Kier molecular flexibility index (Phi) is 6.15. The molecule has 0 bridgehead atoms. The summed E-state index contributed by atoms with van der Waals surface area (Å²) in [6.45, 7) is 4.67. The number of fused-ring (bicyclic) bond motifs is 1. The number of hydrogen-bond acceptors (Lipinski definition) is 6. The molecule has 2 aromatic heterocycles. The molecule has 3 heterocycles. The molecule has 0 amide bonds. The molecule has 1 fully saturated rings. The van der Waals surface area contributed by atoms with Crippen LogP contribution in [0, 0.1) is 12.8 Å². The van der Waals surface area contributed by atoms with E-state index in [-0.39, 0.29) is 29.9 Å². The molecule has 0 radical (unpaired) electrons. The van der Waals surface area contributed by atoms with Crippen LogP contribution in [0.1, 0.15) is 63.6 Å². The minimum absolute atomic E-state index is 0.0502. The number of carboxylic acid groups (broad SMARTS) is 1. The van der Waals surface area contributed by atoms with Crippen LogP contribution in [0.3, 0.4) is 0 Å². The lowest BCUT2D eigenvalue weighted by Gasteiger charge is -2.22. The molecule has 6 rings (SSSR count). The van der Waals surface area contributed by atoms with E-state index in [4.69, 9.17) is 0 Å². The van der Waals surface area contributed by atoms with Gasteiger partial charge in [-0.2, -0.15) is 9.40 Å². The van der Waals surface area contributed by atoms with Gasteiger partial charge in [-0.3, -0.25) is 4.68 Å². The third-order valence-electron chi connectivity index (χ3n) is 7.61. The lowest BCUT2D eigenvalue weighted by Crippen LogP contribution is -2.32. The number of aromatic carboxylic acids is 1. The number of aryl methyl sites for hydroxylation is 2. The van der Waals surface area contributed by atoms with Crippen LogP contribution in [-0.2, 0) is 30.0 Å². The molecule has 0 unspecified atom stereocenters. The number of benzene rings is 2. The average Bonchev–Trinajstić information content (AvgIpc) is 3.35. The van der Waals surface area contributed by atoms with Crippen LogP contribution in [0.5, 0.6) is 0 Å². The van der Waals surface area contributed by atoms with E-state index in [0.29, 0.717) is 29.2 Å². The summed E-state index contributed by atoms with van der Waals surface area (Å²) in [5, 5.41) is 22.6. The van der Waals surface area contributed by atoms with Crippen molar-refractivity contribution < 1.29 is 18.3 Å². The fourth-order valence-corrected chi connectivity index (χ4v) is 7.49. The van der Waals surface area contributed by atoms with Gasteiger partial charge in [0.1, 0.15) is 5.56 Å². The van der Waals surface area contributed by atoms with Crippen LogP contribution in [0.4, 0.5) is 0 Å². The molecule has 2 aliphatic rings. The number of rotatable bonds is 6. The van der Waals surface area contributed by atoms with Crippen molar-refractivity contribution in [3.8, 4) is 5.69 Å². The van der Waals surface area contributed by atoms with E-state index >= 15 is 0 Å². The highest BCUT2D eigenvalue weighted by molar-refractivity contribution is 7.89. The van der Waals surface area contributed by atoms with E-state index in [2.05, 4.69) is 22.3 Å². The van der Waals surface area contributed by atoms with Gasteiger partial charge >= 0.3 is 5.97 Å². The molecule has 202 valence electrons. The number of aromatic nitrogens is 5. The summed E-state index contributed by atoms with van der Waals surface area (Å²) in [5.41, 5.74) is 5.02. The molecule has 0 saturated heterocycles. The van der Waals surface area contributed by atoms with Crippen LogP contribution in [0.2, 0.25) is 0 Å². The predicted octanol–water partition coefficient (Wildman–Crippen LogP) is 3.66. The van der Waals surface area contributed by atoms with E-state index in [1.54, 1.807) is 26.8 Å². The molecule has 39 heavy (non-hydrogen) atoms. The summed E-state index contributed by atoms with van der Waals surface area (Å²) in [6, 6.07) is 13.0. The maximum Gasteiger partial charge on any atom is 0.339 e. The first-order valence-corrected chi connectivity index (χ1v) is 14.4. The molecular formula is C28H30N6O4S. The molecule has 2 aromatic carbocycles. The van der Waals surface area contributed by atoms with Crippen molar-refractivity contribution in [1.29, 1.82) is 0 Å². The lowest BCUT2D eigenvalue weighted by atomic mass is 9.99. The SMILES string of the molecule is Cc1ccc2c(c1)C[C@@H](C)CN(Cc1cccc(-n3ncc(C(=O)O)c3[C@@H]3C[C@H]3c3cn(C)nn3)c1)S2(=O)=O. The number of hydrogen-bond donors (Lipinski definition) is 1. The van der Waals surface area contributed by atoms with Gasteiger partial charge < -0.3 is 5.11 Å². The maximum atomic E-state index is 13.7. The highest BCUT2D eigenvalue weighted by atomic mass is 32.2. The second-order valence-corrected chi connectivity index (χ2v) is 12.7. The van der Waals surface area contributed by atoms with Gasteiger partial charge in [-0.1, -0.05) is 42.0 Å². The summed E-state index contributed by atoms with van der Waals surface area (Å²) in [7, 11) is -1.88. The average molecular weight is 547 g/mol. The lowest BCUT2D eigenvalue weighted by molar-refractivity contribution is 0.0695. The minimum Gasteiger partial charge on any atom is -0.478 e. The molecule has 1 N–H and O–H groups in total. The zero-order chi connectivity index (χ0) is 27.5. The monoisotopic (exact) mass is 546 g/mol. The number of nitrogens with zero attached hydrogens (tertiary/aromatic N) is 6. The van der Waals surface area contributed by atoms with E-state index in [1.165, 1.54) is 6.20 Å². The van der Waals surface area contributed by atoms with Crippen LogP contribution in [0.25, 0.3) is 5.69 Å². The Balaban J connectivity index is 1.33. The molecule has 4 aromatic rings. The first-order valence-electron chi connectivity index (χ1n) is 13.0. The van der Waals surface area contributed by atoms with E-state index in [1.807, 2.05) is 49.5 Å². The van der Waals surface area contributed by atoms with Gasteiger partial charge in [-0.05, 0) is 55.0 Å². The van der Waals surface area contributed by atoms with Crippen molar-refractivity contribution >= 4 is 16.0 Å². The number of sulfonamides is 1. The Hall–Kier alpha value is -3.83. The first-order chi connectivity index (χ1) is 18.6. The Morgan fingerprint density at radius 1 is 1.15 bits per heavy atom. The number of carbonyl (C=O) groups is 1. The van der Waals surface area contributed by atoms with E-state index < -0.39 is 16.0 Å². The summed E-state index contributed by atoms with van der Waals surface area (Å²) < 4.78 is 32.2. The third kappa shape index (κ3) is 4.65.